The lowest BCUT2D eigenvalue weighted by atomic mass is 9.66. The molecule has 4 nitrogen and oxygen atoms in total. The van der Waals surface area contributed by atoms with Gasteiger partial charge in [-0.3, -0.25) is 4.98 Å². The van der Waals surface area contributed by atoms with E-state index < -0.39 is 5.41 Å². The summed E-state index contributed by atoms with van der Waals surface area (Å²) in [6.45, 7) is 0. The van der Waals surface area contributed by atoms with Gasteiger partial charge >= 0.3 is 0 Å². The summed E-state index contributed by atoms with van der Waals surface area (Å²) in [7, 11) is 0. The highest BCUT2D eigenvalue weighted by molar-refractivity contribution is 5.98. The van der Waals surface area contributed by atoms with Gasteiger partial charge in [-0.1, -0.05) is 152 Å². The van der Waals surface area contributed by atoms with Crippen LogP contribution in [-0.4, -0.2) is 15.0 Å². The Morgan fingerprint density at radius 3 is 1.42 bits per heavy atom. The molecule has 0 fully saturated rings. The van der Waals surface area contributed by atoms with Crippen LogP contribution in [0.25, 0.3) is 78.5 Å². The van der Waals surface area contributed by atoms with E-state index in [1.807, 2.05) is 48.7 Å². The first kappa shape index (κ1) is 32.7. The van der Waals surface area contributed by atoms with Crippen LogP contribution in [-0.2, 0) is 5.41 Å². The van der Waals surface area contributed by atoms with Gasteiger partial charge in [0.2, 0.25) is 0 Å². The van der Waals surface area contributed by atoms with Gasteiger partial charge in [-0.2, -0.15) is 5.26 Å². The Labute approximate surface area is 331 Å². The summed E-state index contributed by atoms with van der Waals surface area (Å²) in [5.41, 5.74) is 18.9. The number of aromatic nitrogens is 3. The molecule has 0 saturated heterocycles. The second kappa shape index (κ2) is 12.9. The van der Waals surface area contributed by atoms with E-state index in [0.29, 0.717) is 11.4 Å². The summed E-state index contributed by atoms with van der Waals surface area (Å²) in [5.74, 6) is 0.622. The smallest absolute Gasteiger partial charge is 0.160 e. The Balaban J connectivity index is 1.16. The van der Waals surface area contributed by atoms with Crippen molar-refractivity contribution in [2.24, 2.45) is 0 Å². The topological polar surface area (TPSA) is 62.5 Å². The fourth-order valence-corrected chi connectivity index (χ4v) is 9.12. The minimum Gasteiger partial charge on any atom is -0.256 e. The summed E-state index contributed by atoms with van der Waals surface area (Å²) in [5, 5.41) is 9.54. The second-order valence-corrected chi connectivity index (χ2v) is 14.6. The minimum absolute atomic E-state index is 0.545. The second-order valence-electron chi connectivity index (χ2n) is 14.6. The fraction of sp³-hybridized carbons (Fsp3) is 0.0189. The average Bonchev–Trinajstić information content (AvgIpc) is 3.54. The minimum atomic E-state index is -0.545. The molecule has 9 aromatic rings. The normalized spacial score (nSPS) is 12.7. The lowest BCUT2D eigenvalue weighted by molar-refractivity contribution is 0.775. The van der Waals surface area contributed by atoms with E-state index in [-0.39, 0.29) is 0 Å². The molecule has 0 bridgehead atoms. The predicted octanol–water partition coefficient (Wildman–Crippen LogP) is 12.4. The van der Waals surface area contributed by atoms with Gasteiger partial charge in [-0.15, -0.1) is 0 Å². The molecule has 0 radical (unpaired) electrons. The van der Waals surface area contributed by atoms with Gasteiger partial charge in [0.25, 0.3) is 0 Å². The maximum atomic E-state index is 9.54. The van der Waals surface area contributed by atoms with Gasteiger partial charge in [-0.05, 0) is 92.0 Å². The van der Waals surface area contributed by atoms with E-state index in [2.05, 4.69) is 157 Å². The maximum absolute atomic E-state index is 9.54. The van der Waals surface area contributed by atoms with Crippen molar-refractivity contribution in [1.82, 2.24) is 15.0 Å². The van der Waals surface area contributed by atoms with Crippen LogP contribution in [0, 0.1) is 11.3 Å². The van der Waals surface area contributed by atoms with Crippen molar-refractivity contribution in [2.75, 3.05) is 0 Å². The van der Waals surface area contributed by atoms with E-state index in [1.165, 1.54) is 55.6 Å². The molecular formula is C53H32N4. The largest absolute Gasteiger partial charge is 0.256 e. The number of pyridine rings is 1. The Hall–Kier alpha value is -7.74. The monoisotopic (exact) mass is 724 g/mol. The first-order valence-corrected chi connectivity index (χ1v) is 19.2. The van der Waals surface area contributed by atoms with Crippen LogP contribution in [0.1, 0.15) is 27.8 Å². The third-order valence-corrected chi connectivity index (χ3v) is 11.6. The first-order valence-electron chi connectivity index (χ1n) is 19.2. The van der Waals surface area contributed by atoms with E-state index in [9.17, 15) is 5.26 Å². The Morgan fingerprint density at radius 1 is 0.368 bits per heavy atom. The van der Waals surface area contributed by atoms with Crippen LogP contribution in [0.4, 0.5) is 0 Å². The predicted molar refractivity (Wildman–Crippen MR) is 228 cm³/mol. The van der Waals surface area contributed by atoms with Crippen molar-refractivity contribution >= 4 is 0 Å². The van der Waals surface area contributed by atoms with Crippen LogP contribution < -0.4 is 0 Å². The van der Waals surface area contributed by atoms with Crippen molar-refractivity contribution < 1.29 is 0 Å². The summed E-state index contributed by atoms with van der Waals surface area (Å²) in [4.78, 5) is 14.9. The number of rotatable bonds is 4. The molecule has 11 rings (SSSR count). The fourth-order valence-electron chi connectivity index (χ4n) is 9.12. The van der Waals surface area contributed by atoms with Gasteiger partial charge in [0.15, 0.2) is 5.82 Å². The van der Waals surface area contributed by atoms with E-state index in [0.717, 1.165) is 39.3 Å². The van der Waals surface area contributed by atoms with Gasteiger partial charge in [0, 0.05) is 28.5 Å². The third kappa shape index (κ3) is 5.03. The van der Waals surface area contributed by atoms with Gasteiger partial charge < -0.3 is 0 Å². The average molecular weight is 725 g/mol. The van der Waals surface area contributed by atoms with Gasteiger partial charge in [0.1, 0.15) is 0 Å². The molecule has 0 amide bonds. The molecule has 57 heavy (non-hydrogen) atoms. The molecule has 4 heteroatoms. The van der Waals surface area contributed by atoms with Crippen molar-refractivity contribution in [3.8, 4) is 84.6 Å². The number of fused-ring (bicyclic) bond motifs is 12. The number of nitriles is 1. The standard InChI is InChI=1S/C53H32N4/c54-33-34-20-22-36(23-21-34)50-32-51(57-52(56-50)37-26-24-35(25-27-37)49-19-9-10-30-55-49)38-28-29-48-44(31-38)40-12-2-1-11-39(40)41-13-3-6-16-45(41)53(48)46-17-7-4-14-42(46)43-15-5-8-18-47(43)53/h1-32H. The molecule has 2 aliphatic carbocycles. The number of hydrogen-bond donors (Lipinski definition) is 0. The van der Waals surface area contributed by atoms with Crippen LogP contribution in [0.5, 0.6) is 0 Å². The molecule has 0 atom stereocenters. The highest BCUT2D eigenvalue weighted by Crippen LogP contribution is 2.61. The molecule has 2 aliphatic rings. The van der Waals surface area contributed by atoms with E-state index >= 15 is 0 Å². The van der Waals surface area contributed by atoms with Gasteiger partial charge in [-0.25, -0.2) is 9.97 Å². The summed E-state index contributed by atoms with van der Waals surface area (Å²) < 4.78 is 0. The molecule has 2 aromatic heterocycles. The number of benzene rings is 7. The van der Waals surface area contributed by atoms with Crippen molar-refractivity contribution in [3.63, 3.8) is 0 Å². The van der Waals surface area contributed by atoms with E-state index in [1.54, 1.807) is 0 Å². The lowest BCUT2D eigenvalue weighted by Gasteiger charge is -2.35. The molecule has 7 aromatic carbocycles. The van der Waals surface area contributed by atoms with E-state index in [4.69, 9.17) is 9.97 Å². The number of nitrogens with zero attached hydrogens (tertiary/aromatic N) is 4. The highest BCUT2D eigenvalue weighted by atomic mass is 14.9. The third-order valence-electron chi connectivity index (χ3n) is 11.6. The highest BCUT2D eigenvalue weighted by Gasteiger charge is 2.49. The van der Waals surface area contributed by atoms with Crippen LogP contribution in [0.2, 0.25) is 0 Å². The molecule has 0 N–H and O–H groups in total. The van der Waals surface area contributed by atoms with Crippen LogP contribution in [0.3, 0.4) is 0 Å². The Kier molecular flexibility index (Phi) is 7.42. The van der Waals surface area contributed by atoms with Crippen molar-refractivity contribution in [2.45, 2.75) is 5.41 Å². The maximum Gasteiger partial charge on any atom is 0.160 e. The summed E-state index contributed by atoms with van der Waals surface area (Å²) in [6, 6.07) is 68.6. The molecule has 1 spiro atoms. The van der Waals surface area contributed by atoms with Crippen molar-refractivity contribution in [1.29, 1.82) is 5.26 Å². The molecular weight excluding hydrogens is 693 g/mol. The van der Waals surface area contributed by atoms with Crippen LogP contribution >= 0.6 is 0 Å². The molecule has 0 aliphatic heterocycles. The molecule has 2 heterocycles. The van der Waals surface area contributed by atoms with Crippen molar-refractivity contribution in [3.05, 3.63) is 222 Å². The zero-order valence-corrected chi connectivity index (χ0v) is 30.8. The molecule has 0 unspecified atom stereocenters. The zero-order valence-electron chi connectivity index (χ0n) is 30.8. The quantitative estimate of drug-likeness (QED) is 0.181. The Bertz CT molecular complexity index is 3020. The molecule has 264 valence electrons. The summed E-state index contributed by atoms with van der Waals surface area (Å²) >= 11 is 0. The lowest BCUT2D eigenvalue weighted by Crippen LogP contribution is -2.29. The SMILES string of the molecule is N#Cc1ccc(-c2cc(-c3ccc4c(c3)-c3ccccc3-c3ccccc3C43c4ccccc4-c4ccccc43)nc(-c3ccc(-c4ccccn4)cc3)n2)cc1. The number of hydrogen-bond acceptors (Lipinski definition) is 4. The summed E-state index contributed by atoms with van der Waals surface area (Å²) in [6.07, 6.45) is 1.81. The van der Waals surface area contributed by atoms with Crippen LogP contribution in [0.15, 0.2) is 194 Å². The first-order chi connectivity index (χ1) is 28.2. The van der Waals surface area contributed by atoms with Gasteiger partial charge in [0.05, 0.1) is 34.1 Å². The zero-order chi connectivity index (χ0) is 37.9. The Morgan fingerprint density at radius 2 is 0.825 bits per heavy atom. The molecule has 0 saturated carbocycles.